The van der Waals surface area contributed by atoms with E-state index in [2.05, 4.69) is 5.32 Å². The van der Waals surface area contributed by atoms with E-state index in [1.807, 2.05) is 0 Å². The van der Waals surface area contributed by atoms with Gasteiger partial charge in [0.05, 0.1) is 0 Å². The smallest absolute Gasteiger partial charge is 0.224 e. The standard InChI is InChI=1S/C20H23FN2O2.ClH/c21-18-6-2-1-4-15(18)13-25-17-10-8-16(9-11-17)23-20(24)12-14-5-3-7-19(14)22;/h1-2,4,6,8-11,14,19H,3,5,7,12-13,22H2,(H,23,24);1H/t14-,19+;/m0./s1. The Bertz CT molecular complexity index is 724. The molecule has 2 aromatic rings. The molecule has 0 unspecified atom stereocenters. The summed E-state index contributed by atoms with van der Waals surface area (Å²) in [4.78, 5) is 12.1. The number of benzene rings is 2. The lowest BCUT2D eigenvalue weighted by Gasteiger charge is -2.15. The van der Waals surface area contributed by atoms with Crippen molar-refractivity contribution in [2.24, 2.45) is 11.7 Å². The van der Waals surface area contributed by atoms with Crippen LogP contribution in [0.1, 0.15) is 31.2 Å². The lowest BCUT2D eigenvalue weighted by Crippen LogP contribution is -2.28. The number of ether oxygens (including phenoxy) is 1. The molecule has 0 spiro atoms. The van der Waals surface area contributed by atoms with Crippen molar-refractivity contribution in [1.29, 1.82) is 0 Å². The molecular formula is C20H24ClFN2O2. The number of halogens is 2. The third-order valence-corrected chi connectivity index (χ3v) is 4.66. The Morgan fingerprint density at radius 3 is 2.54 bits per heavy atom. The van der Waals surface area contributed by atoms with Gasteiger partial charge in [0.15, 0.2) is 0 Å². The Labute approximate surface area is 159 Å². The minimum Gasteiger partial charge on any atom is -0.489 e. The molecule has 1 aliphatic carbocycles. The summed E-state index contributed by atoms with van der Waals surface area (Å²) in [5, 5.41) is 2.89. The number of rotatable bonds is 6. The second-order valence-electron chi connectivity index (χ2n) is 6.51. The van der Waals surface area contributed by atoms with Gasteiger partial charge in [0.1, 0.15) is 18.2 Å². The van der Waals surface area contributed by atoms with Crippen molar-refractivity contribution in [3.8, 4) is 5.75 Å². The molecule has 1 saturated carbocycles. The van der Waals surface area contributed by atoms with Crippen LogP contribution in [0.5, 0.6) is 5.75 Å². The maximum absolute atomic E-state index is 13.6. The van der Waals surface area contributed by atoms with Crippen molar-refractivity contribution >= 4 is 24.0 Å². The lowest BCUT2D eigenvalue weighted by molar-refractivity contribution is -0.117. The van der Waals surface area contributed by atoms with Gasteiger partial charge >= 0.3 is 0 Å². The van der Waals surface area contributed by atoms with Gasteiger partial charge in [-0.3, -0.25) is 4.79 Å². The van der Waals surface area contributed by atoms with Gasteiger partial charge in [-0.15, -0.1) is 12.4 Å². The topological polar surface area (TPSA) is 64.4 Å². The molecule has 0 aliphatic heterocycles. The van der Waals surface area contributed by atoms with E-state index in [0.29, 0.717) is 17.7 Å². The van der Waals surface area contributed by atoms with Crippen molar-refractivity contribution < 1.29 is 13.9 Å². The van der Waals surface area contributed by atoms with E-state index < -0.39 is 0 Å². The molecule has 1 aliphatic rings. The van der Waals surface area contributed by atoms with Gasteiger partial charge in [-0.25, -0.2) is 4.39 Å². The third kappa shape index (κ3) is 5.44. The number of nitrogens with two attached hydrogens (primary N) is 1. The zero-order valence-corrected chi connectivity index (χ0v) is 15.3. The van der Waals surface area contributed by atoms with Crippen molar-refractivity contribution in [3.63, 3.8) is 0 Å². The maximum atomic E-state index is 13.6. The molecule has 1 fully saturated rings. The number of anilines is 1. The summed E-state index contributed by atoms with van der Waals surface area (Å²) < 4.78 is 19.1. The van der Waals surface area contributed by atoms with Gasteiger partial charge < -0.3 is 15.8 Å². The number of hydrogen-bond acceptors (Lipinski definition) is 3. The highest BCUT2D eigenvalue weighted by Crippen LogP contribution is 2.27. The monoisotopic (exact) mass is 378 g/mol. The van der Waals surface area contributed by atoms with E-state index in [9.17, 15) is 9.18 Å². The molecule has 0 heterocycles. The van der Waals surface area contributed by atoms with Gasteiger partial charge in [0, 0.05) is 23.7 Å². The fraction of sp³-hybridized carbons (Fsp3) is 0.350. The van der Waals surface area contributed by atoms with Crippen LogP contribution in [0.25, 0.3) is 0 Å². The largest absolute Gasteiger partial charge is 0.489 e. The van der Waals surface area contributed by atoms with E-state index in [4.69, 9.17) is 10.5 Å². The second-order valence-corrected chi connectivity index (χ2v) is 6.51. The first kappa shape index (κ1) is 20.2. The Morgan fingerprint density at radius 2 is 1.88 bits per heavy atom. The zero-order valence-electron chi connectivity index (χ0n) is 14.5. The van der Waals surface area contributed by atoms with E-state index in [-0.39, 0.29) is 42.7 Å². The number of nitrogens with one attached hydrogen (secondary N) is 1. The van der Waals surface area contributed by atoms with Gasteiger partial charge in [0.25, 0.3) is 0 Å². The molecule has 2 atom stereocenters. The lowest BCUT2D eigenvalue weighted by atomic mass is 10.00. The summed E-state index contributed by atoms with van der Waals surface area (Å²) in [7, 11) is 0. The maximum Gasteiger partial charge on any atom is 0.224 e. The van der Waals surface area contributed by atoms with Crippen LogP contribution in [0.15, 0.2) is 48.5 Å². The number of hydrogen-bond donors (Lipinski definition) is 2. The van der Waals surface area contributed by atoms with E-state index in [1.165, 1.54) is 6.07 Å². The van der Waals surface area contributed by atoms with Crippen LogP contribution in [0.2, 0.25) is 0 Å². The molecule has 1 amide bonds. The highest BCUT2D eigenvalue weighted by Gasteiger charge is 2.25. The first-order chi connectivity index (χ1) is 12.1. The third-order valence-electron chi connectivity index (χ3n) is 4.66. The summed E-state index contributed by atoms with van der Waals surface area (Å²) in [5.74, 6) is 0.612. The fourth-order valence-corrected chi connectivity index (χ4v) is 3.18. The van der Waals surface area contributed by atoms with E-state index >= 15 is 0 Å². The Kier molecular flexibility index (Phi) is 7.42. The summed E-state index contributed by atoms with van der Waals surface area (Å²) >= 11 is 0. The molecule has 4 nitrogen and oxygen atoms in total. The fourth-order valence-electron chi connectivity index (χ4n) is 3.18. The average Bonchev–Trinajstić information content (AvgIpc) is 3.00. The molecular weight excluding hydrogens is 355 g/mol. The summed E-state index contributed by atoms with van der Waals surface area (Å²) in [6.07, 6.45) is 3.60. The number of carbonyl (C=O) groups is 1. The van der Waals surface area contributed by atoms with Gasteiger partial charge in [-0.2, -0.15) is 0 Å². The van der Waals surface area contributed by atoms with Crippen LogP contribution >= 0.6 is 12.4 Å². The van der Waals surface area contributed by atoms with Crippen molar-refractivity contribution in [2.75, 3.05) is 5.32 Å². The van der Waals surface area contributed by atoms with Crippen LogP contribution in [-0.4, -0.2) is 11.9 Å². The van der Waals surface area contributed by atoms with E-state index in [1.54, 1.807) is 42.5 Å². The molecule has 0 saturated heterocycles. The van der Waals surface area contributed by atoms with Crippen molar-refractivity contribution in [3.05, 3.63) is 59.9 Å². The van der Waals surface area contributed by atoms with Crippen molar-refractivity contribution in [2.45, 2.75) is 38.3 Å². The zero-order chi connectivity index (χ0) is 17.6. The summed E-state index contributed by atoms with van der Waals surface area (Å²) in [5.41, 5.74) is 7.23. The molecule has 140 valence electrons. The van der Waals surface area contributed by atoms with Gasteiger partial charge in [-0.1, -0.05) is 24.6 Å². The predicted octanol–water partition coefficient (Wildman–Crippen LogP) is 4.28. The summed E-state index contributed by atoms with van der Waals surface area (Å²) in [6, 6.07) is 13.7. The molecule has 26 heavy (non-hydrogen) atoms. The molecule has 0 radical (unpaired) electrons. The number of amides is 1. The van der Waals surface area contributed by atoms with Crippen LogP contribution in [0.4, 0.5) is 10.1 Å². The van der Waals surface area contributed by atoms with Crippen LogP contribution in [-0.2, 0) is 11.4 Å². The minimum atomic E-state index is -0.281. The molecule has 0 bridgehead atoms. The first-order valence-corrected chi connectivity index (χ1v) is 8.63. The van der Waals surface area contributed by atoms with Gasteiger partial charge in [-0.05, 0) is 49.1 Å². The first-order valence-electron chi connectivity index (χ1n) is 8.63. The van der Waals surface area contributed by atoms with Crippen molar-refractivity contribution in [1.82, 2.24) is 0 Å². The quantitative estimate of drug-likeness (QED) is 0.788. The summed E-state index contributed by atoms with van der Waals surface area (Å²) in [6.45, 7) is 0.165. The number of carbonyl (C=O) groups excluding carboxylic acids is 1. The van der Waals surface area contributed by atoms with Crippen LogP contribution < -0.4 is 15.8 Å². The Morgan fingerprint density at radius 1 is 1.15 bits per heavy atom. The van der Waals surface area contributed by atoms with E-state index in [0.717, 1.165) is 24.9 Å². The average molecular weight is 379 g/mol. The predicted molar refractivity (Wildman–Crippen MR) is 103 cm³/mol. The van der Waals surface area contributed by atoms with Crippen LogP contribution in [0, 0.1) is 11.7 Å². The molecule has 0 aromatic heterocycles. The van der Waals surface area contributed by atoms with Gasteiger partial charge in [0.2, 0.25) is 5.91 Å². The highest BCUT2D eigenvalue weighted by atomic mass is 35.5. The highest BCUT2D eigenvalue weighted by molar-refractivity contribution is 5.90. The normalized spacial score (nSPS) is 18.8. The molecule has 3 rings (SSSR count). The molecule has 6 heteroatoms. The molecule has 2 aromatic carbocycles. The Balaban J connectivity index is 0.00000243. The minimum absolute atomic E-state index is 0. The van der Waals surface area contributed by atoms with Crippen LogP contribution in [0.3, 0.4) is 0 Å². The molecule has 3 N–H and O–H groups in total. The Hall–Kier alpha value is -2.11. The second kappa shape index (κ2) is 9.55. The SMILES string of the molecule is Cl.N[C@@H]1CCC[C@H]1CC(=O)Nc1ccc(OCc2ccccc2F)cc1.